The molecular weight excluding hydrogens is 140 g/mol. The van der Waals surface area contributed by atoms with Gasteiger partial charge in [0.05, 0.1) is 13.2 Å². The van der Waals surface area contributed by atoms with E-state index in [1.807, 2.05) is 20.8 Å². The molecule has 64 valence electrons. The first-order chi connectivity index (χ1) is 5.01. The molecule has 2 heteroatoms. The smallest absolute Gasteiger partial charge is 0.162 e. The molecule has 0 aromatic heterocycles. The molecule has 11 heavy (non-hydrogen) atoms. The Morgan fingerprint density at radius 3 is 2.18 bits per heavy atom. The predicted octanol–water partition coefficient (Wildman–Crippen LogP) is 1.73. The minimum absolute atomic E-state index is 0.158. The summed E-state index contributed by atoms with van der Waals surface area (Å²) in [5.41, 5.74) is 0. The third-order valence-corrected chi connectivity index (χ3v) is 2.03. The van der Waals surface area contributed by atoms with Crippen molar-refractivity contribution < 1.29 is 9.47 Å². The Kier molecular flexibility index (Phi) is 2.55. The maximum atomic E-state index is 5.70. The Hall–Kier alpha value is -0.0800. The number of hydrogen-bond donors (Lipinski definition) is 0. The highest BCUT2D eigenvalue weighted by Crippen LogP contribution is 2.24. The summed E-state index contributed by atoms with van der Waals surface area (Å²) in [6, 6.07) is 0. The molecule has 1 fully saturated rings. The van der Waals surface area contributed by atoms with Crippen molar-refractivity contribution in [2.24, 2.45) is 11.8 Å². The monoisotopic (exact) mass is 156 g/mol. The van der Waals surface area contributed by atoms with E-state index in [9.17, 15) is 0 Å². The highest BCUT2D eigenvalue weighted by atomic mass is 16.7. The van der Waals surface area contributed by atoms with Crippen LogP contribution in [0.5, 0.6) is 0 Å². The van der Waals surface area contributed by atoms with E-state index in [1.54, 1.807) is 0 Å². The lowest BCUT2D eigenvalue weighted by molar-refractivity contribution is -0.265. The van der Waals surface area contributed by atoms with Gasteiger partial charge in [0, 0.05) is 5.92 Å². The maximum absolute atomic E-state index is 5.70. The minimum Gasteiger partial charge on any atom is -0.350 e. The lowest BCUT2D eigenvalue weighted by Crippen LogP contribution is -2.40. The van der Waals surface area contributed by atoms with Crippen molar-refractivity contribution in [3.8, 4) is 0 Å². The van der Waals surface area contributed by atoms with Gasteiger partial charge in [-0.05, 0) is 26.7 Å². The van der Waals surface area contributed by atoms with Crippen LogP contribution < -0.4 is 0 Å². The molecule has 0 amide bonds. The lowest BCUT2D eigenvalue weighted by Gasteiger charge is -2.36. The van der Waals surface area contributed by atoms with Crippen LogP contribution in [0.3, 0.4) is 0 Å². The molecule has 1 saturated heterocycles. The second-order valence-electron chi connectivity index (χ2n) is 3.64. The molecule has 1 heterocycles. The van der Waals surface area contributed by atoms with Crippen LogP contribution in [0.15, 0.2) is 0 Å². The maximum Gasteiger partial charge on any atom is 0.162 e. The summed E-state index contributed by atoms with van der Waals surface area (Å²) < 4.78 is 10.9. The molecule has 1 aliphatic rings. The minimum atomic E-state index is -0.411. The molecule has 0 aromatic rings. The molecule has 0 spiro atoms. The zero-order valence-electron chi connectivity index (χ0n) is 7.46. The van der Waals surface area contributed by atoms with Gasteiger partial charge in [0.25, 0.3) is 0 Å². The van der Waals surface area contributed by atoms with Gasteiger partial charge in [-0.25, -0.2) is 0 Å². The normalized spacial score (nSPS) is 25.9. The molecular formula is C9H16O2. The van der Waals surface area contributed by atoms with Crippen LogP contribution in [0.4, 0.5) is 0 Å². The van der Waals surface area contributed by atoms with Gasteiger partial charge in [-0.2, -0.15) is 0 Å². The molecule has 2 radical (unpaired) electrons. The van der Waals surface area contributed by atoms with E-state index < -0.39 is 5.79 Å². The standard InChI is InChI=1S/C9H16O2/c1-7(2)8-5-10-9(3,4)11-6-8/h1,7-8H,5-6H2,2-4H3. The van der Waals surface area contributed by atoms with Crippen LogP contribution in [-0.2, 0) is 9.47 Å². The quantitative estimate of drug-likeness (QED) is 0.575. The van der Waals surface area contributed by atoms with E-state index in [2.05, 4.69) is 0 Å². The van der Waals surface area contributed by atoms with E-state index in [4.69, 9.17) is 16.4 Å². The van der Waals surface area contributed by atoms with Crippen LogP contribution in [0.1, 0.15) is 20.8 Å². The summed E-state index contributed by atoms with van der Waals surface area (Å²) in [7, 11) is 0. The summed E-state index contributed by atoms with van der Waals surface area (Å²) in [4.78, 5) is 0. The number of hydrogen-bond acceptors (Lipinski definition) is 2. The van der Waals surface area contributed by atoms with Crippen molar-refractivity contribution in [2.45, 2.75) is 26.6 Å². The number of rotatable bonds is 1. The van der Waals surface area contributed by atoms with Crippen LogP contribution in [0.25, 0.3) is 0 Å². The van der Waals surface area contributed by atoms with Gasteiger partial charge in [-0.15, -0.1) is 0 Å². The van der Waals surface area contributed by atoms with Crippen molar-refractivity contribution in [3.63, 3.8) is 0 Å². The summed E-state index contributed by atoms with van der Waals surface area (Å²) in [5, 5.41) is 0. The lowest BCUT2D eigenvalue weighted by atomic mass is 9.97. The van der Waals surface area contributed by atoms with Gasteiger partial charge in [0.2, 0.25) is 0 Å². The van der Waals surface area contributed by atoms with Gasteiger partial charge in [0.15, 0.2) is 5.79 Å². The second kappa shape index (κ2) is 3.11. The molecule has 1 atom stereocenters. The summed E-state index contributed by atoms with van der Waals surface area (Å²) >= 11 is 0. The molecule has 0 saturated carbocycles. The second-order valence-corrected chi connectivity index (χ2v) is 3.64. The van der Waals surface area contributed by atoms with Crippen LogP contribution in [0.2, 0.25) is 0 Å². The average molecular weight is 156 g/mol. The fourth-order valence-corrected chi connectivity index (χ4v) is 1.01. The molecule has 0 N–H and O–H groups in total. The summed E-state index contributed by atoms with van der Waals surface area (Å²) in [6.07, 6.45) is 0. The van der Waals surface area contributed by atoms with E-state index in [0.29, 0.717) is 19.1 Å². The van der Waals surface area contributed by atoms with E-state index in [0.717, 1.165) is 0 Å². The van der Waals surface area contributed by atoms with Crippen molar-refractivity contribution in [1.82, 2.24) is 0 Å². The molecule has 2 nitrogen and oxygen atoms in total. The van der Waals surface area contributed by atoms with Gasteiger partial charge in [-0.3, -0.25) is 0 Å². The Morgan fingerprint density at radius 2 is 1.82 bits per heavy atom. The Balaban J connectivity index is 2.36. The summed E-state index contributed by atoms with van der Waals surface area (Å²) in [6.45, 7) is 12.9. The van der Waals surface area contributed by atoms with E-state index in [1.165, 1.54) is 0 Å². The van der Waals surface area contributed by atoms with E-state index >= 15 is 0 Å². The first-order valence-electron chi connectivity index (χ1n) is 4.05. The van der Waals surface area contributed by atoms with Crippen LogP contribution in [-0.4, -0.2) is 19.0 Å². The topological polar surface area (TPSA) is 18.5 Å². The van der Waals surface area contributed by atoms with E-state index in [-0.39, 0.29) is 5.92 Å². The highest BCUT2D eigenvalue weighted by molar-refractivity contribution is 4.73. The van der Waals surface area contributed by atoms with Crippen LogP contribution in [0, 0.1) is 18.8 Å². The average Bonchev–Trinajstić information content (AvgIpc) is 1.86. The Labute approximate surface area is 68.9 Å². The largest absolute Gasteiger partial charge is 0.350 e. The van der Waals surface area contributed by atoms with Crippen molar-refractivity contribution in [2.75, 3.05) is 13.2 Å². The zero-order chi connectivity index (χ0) is 8.48. The molecule has 1 rings (SSSR count). The molecule has 1 aliphatic heterocycles. The van der Waals surface area contributed by atoms with Gasteiger partial charge >= 0.3 is 0 Å². The third-order valence-electron chi connectivity index (χ3n) is 2.03. The zero-order valence-corrected chi connectivity index (χ0v) is 7.46. The van der Waals surface area contributed by atoms with Gasteiger partial charge < -0.3 is 9.47 Å². The van der Waals surface area contributed by atoms with Gasteiger partial charge in [0.1, 0.15) is 0 Å². The van der Waals surface area contributed by atoms with Crippen molar-refractivity contribution in [1.29, 1.82) is 0 Å². The highest BCUT2D eigenvalue weighted by Gasteiger charge is 2.29. The predicted molar refractivity (Wildman–Crippen MR) is 42.9 cm³/mol. The molecule has 0 aliphatic carbocycles. The Bertz CT molecular complexity index is 120. The molecule has 0 aromatic carbocycles. The molecule has 1 unspecified atom stereocenters. The Morgan fingerprint density at radius 1 is 1.36 bits per heavy atom. The fraction of sp³-hybridized carbons (Fsp3) is 0.889. The number of ether oxygens (including phenoxy) is 2. The fourth-order valence-electron chi connectivity index (χ4n) is 1.01. The molecule has 0 bridgehead atoms. The van der Waals surface area contributed by atoms with Crippen molar-refractivity contribution >= 4 is 0 Å². The first kappa shape index (κ1) is 9.01. The first-order valence-corrected chi connectivity index (χ1v) is 4.05. The van der Waals surface area contributed by atoms with Gasteiger partial charge in [-0.1, -0.05) is 6.92 Å². The van der Waals surface area contributed by atoms with Crippen LogP contribution >= 0.6 is 0 Å². The third kappa shape index (κ3) is 2.46. The SMILES string of the molecule is [CH]C(C)C1COC(C)(C)OC1. The van der Waals surface area contributed by atoms with Crippen molar-refractivity contribution in [3.05, 3.63) is 6.92 Å². The summed E-state index contributed by atoms with van der Waals surface area (Å²) in [5.74, 6) is 0.0971.